The van der Waals surface area contributed by atoms with Crippen molar-refractivity contribution in [2.75, 3.05) is 19.6 Å². The van der Waals surface area contributed by atoms with E-state index in [1.54, 1.807) is 19.1 Å². The molecule has 2 heterocycles. The first-order valence-electron chi connectivity index (χ1n) is 8.00. The maximum absolute atomic E-state index is 13.0. The number of halogens is 1. The van der Waals surface area contributed by atoms with Crippen molar-refractivity contribution in [1.82, 2.24) is 10.2 Å². The molecule has 0 spiro atoms. The Morgan fingerprint density at radius 1 is 1.29 bits per heavy atom. The van der Waals surface area contributed by atoms with E-state index in [9.17, 15) is 9.50 Å². The first-order valence-corrected chi connectivity index (χ1v) is 8.00. The van der Waals surface area contributed by atoms with Crippen LogP contribution >= 0.6 is 0 Å². The SMILES string of the molecule is CC(O)(CNC1CCN2CCCC2C1)c1ccc(F)cc1. The van der Waals surface area contributed by atoms with Gasteiger partial charge >= 0.3 is 0 Å². The van der Waals surface area contributed by atoms with Crippen molar-refractivity contribution in [1.29, 1.82) is 0 Å². The van der Waals surface area contributed by atoms with Crippen LogP contribution in [-0.4, -0.2) is 41.7 Å². The van der Waals surface area contributed by atoms with Gasteiger partial charge in [-0.3, -0.25) is 0 Å². The summed E-state index contributed by atoms with van der Waals surface area (Å²) in [7, 11) is 0. The zero-order chi connectivity index (χ0) is 14.9. The van der Waals surface area contributed by atoms with Crippen LogP contribution in [0.4, 0.5) is 4.39 Å². The summed E-state index contributed by atoms with van der Waals surface area (Å²) in [4.78, 5) is 2.59. The lowest BCUT2D eigenvalue weighted by Gasteiger charge is -2.36. The Balaban J connectivity index is 1.55. The molecular weight excluding hydrogens is 267 g/mol. The van der Waals surface area contributed by atoms with Crippen LogP contribution in [0.2, 0.25) is 0 Å². The summed E-state index contributed by atoms with van der Waals surface area (Å²) >= 11 is 0. The van der Waals surface area contributed by atoms with Gasteiger partial charge in [-0.25, -0.2) is 4.39 Å². The molecule has 2 N–H and O–H groups in total. The first kappa shape index (κ1) is 14.9. The number of aliphatic hydroxyl groups is 1. The summed E-state index contributed by atoms with van der Waals surface area (Å²) in [6.07, 6.45) is 4.96. The van der Waals surface area contributed by atoms with Gasteiger partial charge in [-0.05, 0) is 63.4 Å². The quantitative estimate of drug-likeness (QED) is 0.893. The zero-order valence-electron chi connectivity index (χ0n) is 12.7. The van der Waals surface area contributed by atoms with E-state index in [0.717, 1.165) is 18.0 Å². The van der Waals surface area contributed by atoms with Gasteiger partial charge in [0, 0.05) is 18.6 Å². The summed E-state index contributed by atoms with van der Waals surface area (Å²) in [6, 6.07) is 7.35. The number of fused-ring (bicyclic) bond motifs is 1. The molecule has 1 aromatic rings. The van der Waals surface area contributed by atoms with E-state index in [4.69, 9.17) is 0 Å². The van der Waals surface area contributed by atoms with Crippen molar-refractivity contribution < 1.29 is 9.50 Å². The van der Waals surface area contributed by atoms with E-state index in [1.165, 1.54) is 44.5 Å². The van der Waals surface area contributed by atoms with Crippen molar-refractivity contribution in [2.45, 2.75) is 50.3 Å². The molecule has 2 saturated heterocycles. The summed E-state index contributed by atoms with van der Waals surface area (Å²) in [5, 5.41) is 14.1. The molecule has 0 radical (unpaired) electrons. The third-order valence-electron chi connectivity index (χ3n) is 5.02. The fourth-order valence-electron chi connectivity index (χ4n) is 3.66. The van der Waals surface area contributed by atoms with Crippen molar-refractivity contribution in [3.05, 3.63) is 35.6 Å². The predicted molar refractivity (Wildman–Crippen MR) is 81.6 cm³/mol. The van der Waals surface area contributed by atoms with Gasteiger partial charge in [0.25, 0.3) is 0 Å². The molecule has 4 heteroatoms. The molecule has 0 bridgehead atoms. The molecule has 2 fully saturated rings. The molecule has 0 saturated carbocycles. The second kappa shape index (κ2) is 6.03. The molecule has 0 aliphatic carbocycles. The number of benzene rings is 1. The van der Waals surface area contributed by atoms with E-state index in [0.29, 0.717) is 12.6 Å². The molecule has 0 amide bonds. The smallest absolute Gasteiger partial charge is 0.123 e. The predicted octanol–water partition coefficient (Wildman–Crippen LogP) is 2.25. The normalized spacial score (nSPS) is 29.1. The summed E-state index contributed by atoms with van der Waals surface area (Å²) < 4.78 is 13.0. The van der Waals surface area contributed by atoms with Crippen molar-refractivity contribution in [3.8, 4) is 0 Å². The average Bonchev–Trinajstić information content (AvgIpc) is 2.93. The van der Waals surface area contributed by atoms with Crippen molar-refractivity contribution in [3.63, 3.8) is 0 Å². The lowest BCUT2D eigenvalue weighted by atomic mass is 9.93. The standard InChI is InChI=1S/C17H25FN2O/c1-17(21,13-4-6-14(18)7-5-13)12-19-15-8-10-20-9-2-3-16(20)11-15/h4-7,15-16,19,21H,2-3,8-12H2,1H3. The minimum atomic E-state index is -0.958. The Labute approximate surface area is 126 Å². The van der Waals surface area contributed by atoms with Gasteiger partial charge in [0.2, 0.25) is 0 Å². The number of nitrogens with one attached hydrogen (secondary N) is 1. The zero-order valence-corrected chi connectivity index (χ0v) is 12.7. The molecule has 3 atom stereocenters. The molecule has 21 heavy (non-hydrogen) atoms. The summed E-state index contributed by atoms with van der Waals surface area (Å²) in [6.45, 7) is 4.72. The van der Waals surface area contributed by atoms with Crippen LogP contribution in [0.3, 0.4) is 0 Å². The van der Waals surface area contributed by atoms with Gasteiger partial charge in [-0.2, -0.15) is 0 Å². The van der Waals surface area contributed by atoms with Gasteiger partial charge in [0.1, 0.15) is 5.82 Å². The van der Waals surface area contributed by atoms with Crippen LogP contribution in [0.5, 0.6) is 0 Å². The van der Waals surface area contributed by atoms with E-state index < -0.39 is 5.60 Å². The highest BCUT2D eigenvalue weighted by atomic mass is 19.1. The fourth-order valence-corrected chi connectivity index (χ4v) is 3.66. The molecule has 2 aliphatic rings. The molecule has 3 nitrogen and oxygen atoms in total. The second-order valence-corrected chi connectivity index (χ2v) is 6.71. The monoisotopic (exact) mass is 292 g/mol. The third kappa shape index (κ3) is 3.44. The fraction of sp³-hybridized carbons (Fsp3) is 0.647. The molecule has 2 aliphatic heterocycles. The summed E-state index contributed by atoms with van der Waals surface area (Å²) in [5.74, 6) is -0.267. The summed E-state index contributed by atoms with van der Waals surface area (Å²) in [5.41, 5.74) is -0.199. The van der Waals surface area contributed by atoms with Gasteiger partial charge in [0.05, 0.1) is 5.60 Å². The minimum Gasteiger partial charge on any atom is -0.384 e. The number of piperidine rings is 1. The highest BCUT2D eigenvalue weighted by Gasteiger charge is 2.32. The molecule has 116 valence electrons. The average molecular weight is 292 g/mol. The number of hydrogen-bond donors (Lipinski definition) is 2. The van der Waals surface area contributed by atoms with E-state index in [1.807, 2.05) is 0 Å². The van der Waals surface area contributed by atoms with Gasteiger partial charge in [0.15, 0.2) is 0 Å². The molecule has 1 aromatic carbocycles. The van der Waals surface area contributed by atoms with E-state index >= 15 is 0 Å². The lowest BCUT2D eigenvalue weighted by molar-refractivity contribution is 0.0483. The number of nitrogens with zero attached hydrogens (tertiary/aromatic N) is 1. The second-order valence-electron chi connectivity index (χ2n) is 6.71. The molecule has 3 unspecified atom stereocenters. The van der Waals surface area contributed by atoms with Crippen LogP contribution in [0.15, 0.2) is 24.3 Å². The van der Waals surface area contributed by atoms with Gasteiger partial charge in [-0.15, -0.1) is 0 Å². The number of hydrogen-bond acceptors (Lipinski definition) is 3. The highest BCUT2D eigenvalue weighted by molar-refractivity contribution is 5.22. The maximum Gasteiger partial charge on any atom is 0.123 e. The van der Waals surface area contributed by atoms with E-state index in [-0.39, 0.29) is 5.82 Å². The van der Waals surface area contributed by atoms with Crippen LogP contribution in [0, 0.1) is 5.82 Å². The Hall–Kier alpha value is -0.970. The van der Waals surface area contributed by atoms with Gasteiger partial charge in [-0.1, -0.05) is 12.1 Å². The highest BCUT2D eigenvalue weighted by Crippen LogP contribution is 2.27. The number of rotatable bonds is 4. The van der Waals surface area contributed by atoms with Crippen LogP contribution in [0.25, 0.3) is 0 Å². The lowest BCUT2D eigenvalue weighted by Crippen LogP contribution is -2.48. The van der Waals surface area contributed by atoms with Crippen molar-refractivity contribution >= 4 is 0 Å². The molecule has 0 aromatic heterocycles. The first-order chi connectivity index (χ1) is 10.0. The van der Waals surface area contributed by atoms with Crippen molar-refractivity contribution in [2.24, 2.45) is 0 Å². The topological polar surface area (TPSA) is 35.5 Å². The Kier molecular flexibility index (Phi) is 4.29. The van der Waals surface area contributed by atoms with E-state index in [2.05, 4.69) is 10.2 Å². The third-order valence-corrected chi connectivity index (χ3v) is 5.02. The Bertz CT molecular complexity index is 474. The van der Waals surface area contributed by atoms with Crippen LogP contribution in [0.1, 0.15) is 38.2 Å². The van der Waals surface area contributed by atoms with Gasteiger partial charge < -0.3 is 15.3 Å². The maximum atomic E-state index is 13.0. The van der Waals surface area contributed by atoms with Crippen LogP contribution < -0.4 is 5.32 Å². The molecular formula is C17H25FN2O. The van der Waals surface area contributed by atoms with Crippen LogP contribution in [-0.2, 0) is 5.60 Å². The largest absolute Gasteiger partial charge is 0.384 e. The molecule has 3 rings (SSSR count). The minimum absolute atomic E-state index is 0.267. The Morgan fingerprint density at radius 2 is 2.05 bits per heavy atom. The Morgan fingerprint density at radius 3 is 2.81 bits per heavy atom.